The van der Waals surface area contributed by atoms with Gasteiger partial charge in [-0.25, -0.2) is 13.9 Å². The van der Waals surface area contributed by atoms with Crippen LogP contribution in [0.2, 0.25) is 0 Å². The second-order valence-electron chi connectivity index (χ2n) is 9.15. The minimum absolute atomic E-state index is 0.00844. The number of hydrogen-bond acceptors (Lipinski definition) is 6. The van der Waals surface area contributed by atoms with E-state index in [9.17, 15) is 14.0 Å². The molecule has 4 heterocycles. The normalized spacial score (nSPS) is 14.1. The summed E-state index contributed by atoms with van der Waals surface area (Å²) in [5, 5.41) is 18.6. The Kier molecular flexibility index (Phi) is 5.40. The fraction of sp³-hybridized carbons (Fsp3) is 0.231. The lowest BCUT2D eigenvalue weighted by molar-refractivity contribution is -0.117. The van der Waals surface area contributed by atoms with Crippen LogP contribution in [-0.2, 0) is 4.79 Å². The fourth-order valence-corrected chi connectivity index (χ4v) is 4.28. The standard InChI is InChI=1S/C26H23FN8O2/c1-14(20-8-10-22-29-21(13-35(22)33-20)30-25(36)15-3-4-15)24-32-31-23-9-6-17(12-34(23)24)16-5-7-18(19(27)11-16)26(37)28-2/h5-15H,3-4H2,1-2H3,(H,28,37)(H,30,36). The molecule has 0 radical (unpaired) electrons. The molecular formula is C26H23FN8O2. The Morgan fingerprint density at radius 1 is 1.03 bits per heavy atom. The van der Waals surface area contributed by atoms with Crippen LogP contribution in [0.15, 0.2) is 54.9 Å². The van der Waals surface area contributed by atoms with Crippen LogP contribution in [0.5, 0.6) is 0 Å². The molecule has 37 heavy (non-hydrogen) atoms. The van der Waals surface area contributed by atoms with Crippen molar-refractivity contribution in [3.8, 4) is 11.1 Å². The van der Waals surface area contributed by atoms with Gasteiger partial charge in [-0.15, -0.1) is 10.2 Å². The molecule has 0 bridgehead atoms. The van der Waals surface area contributed by atoms with Crippen molar-refractivity contribution in [2.45, 2.75) is 25.7 Å². The largest absolute Gasteiger partial charge is 0.355 e. The Hall–Kier alpha value is -4.67. The number of anilines is 1. The van der Waals surface area contributed by atoms with Crippen molar-refractivity contribution in [3.63, 3.8) is 0 Å². The summed E-state index contributed by atoms with van der Waals surface area (Å²) in [6.07, 6.45) is 5.38. The van der Waals surface area contributed by atoms with Crippen LogP contribution < -0.4 is 10.6 Å². The molecule has 1 aliphatic carbocycles. The summed E-state index contributed by atoms with van der Waals surface area (Å²) in [5.74, 6) is -0.0893. The van der Waals surface area contributed by atoms with E-state index in [1.165, 1.54) is 19.2 Å². The highest BCUT2D eigenvalue weighted by Crippen LogP contribution is 2.30. The third-order valence-electron chi connectivity index (χ3n) is 6.57. The molecule has 1 saturated carbocycles. The third kappa shape index (κ3) is 4.18. The first kappa shape index (κ1) is 22.8. The molecule has 0 aliphatic heterocycles. The first-order valence-electron chi connectivity index (χ1n) is 11.9. The van der Waals surface area contributed by atoms with Gasteiger partial charge in [0.15, 0.2) is 17.1 Å². The summed E-state index contributed by atoms with van der Waals surface area (Å²) < 4.78 is 18.1. The van der Waals surface area contributed by atoms with E-state index in [-0.39, 0.29) is 23.3 Å². The summed E-state index contributed by atoms with van der Waals surface area (Å²) >= 11 is 0. The SMILES string of the molecule is CNC(=O)c1ccc(-c2ccc3nnc(C(C)c4ccc5nc(NC(=O)C6CC6)cn5n4)n3c2)cc1F. The number of carbonyl (C=O) groups excluding carboxylic acids is 2. The molecule has 5 aromatic rings. The number of carbonyl (C=O) groups is 2. The van der Waals surface area contributed by atoms with E-state index in [1.54, 1.807) is 16.8 Å². The van der Waals surface area contributed by atoms with Gasteiger partial charge >= 0.3 is 0 Å². The Labute approximate surface area is 210 Å². The van der Waals surface area contributed by atoms with Gasteiger partial charge in [0.1, 0.15) is 11.6 Å². The van der Waals surface area contributed by atoms with Crippen molar-refractivity contribution < 1.29 is 14.0 Å². The Balaban J connectivity index is 1.31. The molecule has 1 aromatic carbocycles. The van der Waals surface area contributed by atoms with Gasteiger partial charge in [-0.2, -0.15) is 5.10 Å². The van der Waals surface area contributed by atoms with Gasteiger partial charge in [-0.3, -0.25) is 14.0 Å². The minimum Gasteiger partial charge on any atom is -0.355 e. The van der Waals surface area contributed by atoms with Gasteiger partial charge in [0, 0.05) is 19.2 Å². The molecule has 0 spiro atoms. The highest BCUT2D eigenvalue weighted by molar-refractivity contribution is 5.95. The van der Waals surface area contributed by atoms with Gasteiger partial charge < -0.3 is 10.6 Å². The molecule has 4 aromatic heterocycles. The van der Waals surface area contributed by atoms with Crippen molar-refractivity contribution in [2.24, 2.45) is 5.92 Å². The molecule has 6 rings (SSSR count). The van der Waals surface area contributed by atoms with Crippen molar-refractivity contribution in [1.29, 1.82) is 0 Å². The molecule has 10 nitrogen and oxygen atoms in total. The number of benzene rings is 1. The van der Waals surface area contributed by atoms with Crippen LogP contribution >= 0.6 is 0 Å². The quantitative estimate of drug-likeness (QED) is 0.370. The Bertz CT molecular complexity index is 1690. The number of nitrogens with zero attached hydrogens (tertiary/aromatic N) is 6. The molecule has 1 fully saturated rings. The van der Waals surface area contributed by atoms with Gasteiger partial charge in [0.05, 0.1) is 23.4 Å². The van der Waals surface area contributed by atoms with Crippen molar-refractivity contribution in [1.82, 2.24) is 34.5 Å². The first-order valence-corrected chi connectivity index (χ1v) is 11.9. The highest BCUT2D eigenvalue weighted by Gasteiger charge is 2.30. The van der Waals surface area contributed by atoms with E-state index < -0.39 is 11.7 Å². The van der Waals surface area contributed by atoms with Crippen LogP contribution in [0.3, 0.4) is 0 Å². The van der Waals surface area contributed by atoms with Crippen molar-refractivity contribution in [3.05, 3.63) is 77.8 Å². The highest BCUT2D eigenvalue weighted by atomic mass is 19.1. The number of pyridine rings is 1. The molecule has 11 heteroatoms. The number of fused-ring (bicyclic) bond motifs is 2. The topological polar surface area (TPSA) is 119 Å². The number of imidazole rings is 1. The maximum absolute atomic E-state index is 14.6. The Morgan fingerprint density at radius 3 is 2.57 bits per heavy atom. The van der Waals surface area contributed by atoms with E-state index in [1.807, 2.05) is 41.8 Å². The van der Waals surface area contributed by atoms with Crippen LogP contribution in [0, 0.1) is 11.7 Å². The fourth-order valence-electron chi connectivity index (χ4n) is 4.28. The molecular weight excluding hydrogens is 475 g/mol. The van der Waals surface area contributed by atoms with Gasteiger partial charge in [0.25, 0.3) is 5.91 Å². The average Bonchev–Trinajstić information content (AvgIpc) is 3.56. The van der Waals surface area contributed by atoms with E-state index >= 15 is 0 Å². The Morgan fingerprint density at radius 2 is 1.81 bits per heavy atom. The van der Waals surface area contributed by atoms with Crippen molar-refractivity contribution >= 4 is 28.9 Å². The van der Waals surface area contributed by atoms with Gasteiger partial charge in [-0.05, 0) is 67.3 Å². The maximum atomic E-state index is 14.6. The van der Waals surface area contributed by atoms with Gasteiger partial charge in [0.2, 0.25) is 5.91 Å². The summed E-state index contributed by atoms with van der Waals surface area (Å²) in [5.41, 5.74) is 3.36. The van der Waals surface area contributed by atoms with E-state index in [0.717, 1.165) is 24.1 Å². The van der Waals surface area contributed by atoms with Crippen LogP contribution in [0.1, 0.15) is 47.6 Å². The average molecular weight is 499 g/mol. The summed E-state index contributed by atoms with van der Waals surface area (Å²) in [6, 6.07) is 11.9. The molecule has 0 saturated heterocycles. The van der Waals surface area contributed by atoms with Gasteiger partial charge in [-0.1, -0.05) is 6.07 Å². The second-order valence-corrected chi connectivity index (χ2v) is 9.15. The molecule has 1 atom stereocenters. The molecule has 1 aliphatic rings. The number of hydrogen-bond donors (Lipinski definition) is 2. The van der Waals surface area contributed by atoms with E-state index in [0.29, 0.717) is 28.5 Å². The summed E-state index contributed by atoms with van der Waals surface area (Å²) in [7, 11) is 1.46. The second kappa shape index (κ2) is 8.77. The number of halogens is 1. The lowest BCUT2D eigenvalue weighted by atomic mass is 10.0. The number of rotatable bonds is 6. The molecule has 2 N–H and O–H groups in total. The minimum atomic E-state index is -0.597. The monoisotopic (exact) mass is 498 g/mol. The zero-order chi connectivity index (χ0) is 25.7. The number of nitrogens with one attached hydrogen (secondary N) is 2. The molecule has 1 unspecified atom stereocenters. The third-order valence-corrected chi connectivity index (χ3v) is 6.57. The van der Waals surface area contributed by atoms with Crippen LogP contribution in [0.25, 0.3) is 22.4 Å². The zero-order valence-electron chi connectivity index (χ0n) is 20.1. The zero-order valence-corrected chi connectivity index (χ0v) is 20.1. The summed E-state index contributed by atoms with van der Waals surface area (Å²) in [6.45, 7) is 1.97. The predicted octanol–water partition coefficient (Wildman–Crippen LogP) is 3.44. The summed E-state index contributed by atoms with van der Waals surface area (Å²) in [4.78, 5) is 28.3. The maximum Gasteiger partial charge on any atom is 0.253 e. The van der Waals surface area contributed by atoms with Crippen molar-refractivity contribution in [2.75, 3.05) is 12.4 Å². The van der Waals surface area contributed by atoms with E-state index in [2.05, 4.69) is 30.9 Å². The smallest absolute Gasteiger partial charge is 0.253 e. The molecule has 2 amide bonds. The van der Waals surface area contributed by atoms with Crippen LogP contribution in [-0.4, -0.2) is 48.1 Å². The number of aromatic nitrogens is 6. The van der Waals surface area contributed by atoms with E-state index in [4.69, 9.17) is 0 Å². The lowest BCUT2D eigenvalue weighted by Gasteiger charge is -2.11. The molecule has 186 valence electrons. The predicted molar refractivity (Wildman–Crippen MR) is 134 cm³/mol. The number of amides is 2. The van der Waals surface area contributed by atoms with Crippen LogP contribution in [0.4, 0.5) is 10.2 Å². The lowest BCUT2D eigenvalue weighted by Crippen LogP contribution is -2.19. The first-order chi connectivity index (χ1) is 17.9.